The molecule has 0 spiro atoms. The van der Waals surface area contributed by atoms with Gasteiger partial charge in [0.1, 0.15) is 5.82 Å². The Labute approximate surface area is 117 Å². The van der Waals surface area contributed by atoms with Crippen LogP contribution in [-0.4, -0.2) is 15.8 Å². The van der Waals surface area contributed by atoms with Crippen molar-refractivity contribution in [3.8, 4) is 0 Å². The minimum atomic E-state index is 0.309. The Morgan fingerprint density at radius 1 is 1.47 bits per heavy atom. The van der Waals surface area contributed by atoms with Gasteiger partial charge in [-0.15, -0.1) is 11.3 Å². The van der Waals surface area contributed by atoms with Crippen molar-refractivity contribution < 1.29 is 4.79 Å². The second-order valence-corrected chi connectivity index (χ2v) is 6.18. The lowest BCUT2D eigenvalue weighted by Gasteiger charge is -2.11. The molecule has 0 saturated carbocycles. The van der Waals surface area contributed by atoms with Gasteiger partial charge in [-0.3, -0.25) is 4.79 Å². The van der Waals surface area contributed by atoms with E-state index in [2.05, 4.69) is 23.0 Å². The number of ketones is 1. The second-order valence-electron chi connectivity index (χ2n) is 5.10. The number of aromatic amines is 1. The highest BCUT2D eigenvalue weighted by molar-refractivity contribution is 7.14. The Bertz CT molecular complexity index is 571. The normalized spacial score (nSPS) is 16.4. The quantitative estimate of drug-likeness (QED) is 0.918. The van der Waals surface area contributed by atoms with Gasteiger partial charge in [-0.2, -0.15) is 0 Å². The fraction of sp³-hybridized carbons (Fsp3) is 0.467. The van der Waals surface area contributed by atoms with Crippen LogP contribution in [0.25, 0.3) is 0 Å². The van der Waals surface area contributed by atoms with Crippen LogP contribution < -0.4 is 0 Å². The highest BCUT2D eigenvalue weighted by Gasteiger charge is 2.25. The Kier molecular flexibility index (Phi) is 3.51. The fourth-order valence-electron chi connectivity index (χ4n) is 2.77. The summed E-state index contributed by atoms with van der Waals surface area (Å²) in [6.07, 6.45) is 8.62. The molecule has 3 rings (SSSR count). The van der Waals surface area contributed by atoms with Gasteiger partial charge < -0.3 is 4.98 Å². The number of nitrogens with zero attached hydrogens (tertiary/aromatic N) is 1. The summed E-state index contributed by atoms with van der Waals surface area (Å²) >= 11 is 1.68. The van der Waals surface area contributed by atoms with Crippen molar-refractivity contribution in [1.82, 2.24) is 9.97 Å². The first kappa shape index (κ1) is 12.6. The van der Waals surface area contributed by atoms with Crippen molar-refractivity contribution in [3.05, 3.63) is 39.6 Å². The van der Waals surface area contributed by atoms with Crippen LogP contribution >= 0.6 is 11.3 Å². The molecule has 3 nitrogen and oxygen atoms in total. The highest BCUT2D eigenvalue weighted by Crippen LogP contribution is 2.37. The predicted molar refractivity (Wildman–Crippen MR) is 76.9 cm³/mol. The van der Waals surface area contributed by atoms with Crippen molar-refractivity contribution >= 4 is 17.1 Å². The lowest BCUT2D eigenvalue weighted by atomic mass is 9.95. The molecule has 4 heteroatoms. The van der Waals surface area contributed by atoms with Crippen LogP contribution in [-0.2, 0) is 6.42 Å². The number of hydrogen-bond acceptors (Lipinski definition) is 3. The molecule has 0 amide bonds. The molecule has 0 saturated heterocycles. The van der Waals surface area contributed by atoms with Crippen LogP contribution in [0.2, 0.25) is 0 Å². The molecule has 1 aliphatic rings. The molecule has 0 bridgehead atoms. The summed E-state index contributed by atoms with van der Waals surface area (Å²) in [4.78, 5) is 21.9. The predicted octanol–water partition coefficient (Wildman–Crippen LogP) is 3.92. The number of hydrogen-bond donors (Lipinski definition) is 1. The molecule has 2 heterocycles. The van der Waals surface area contributed by atoms with Crippen molar-refractivity contribution in [2.24, 2.45) is 0 Å². The molecule has 1 N–H and O–H groups in total. The average molecular weight is 274 g/mol. The first-order valence-corrected chi connectivity index (χ1v) is 7.76. The molecule has 19 heavy (non-hydrogen) atoms. The Morgan fingerprint density at radius 3 is 3.05 bits per heavy atom. The van der Waals surface area contributed by atoms with Gasteiger partial charge in [-0.25, -0.2) is 4.98 Å². The smallest absolute Gasteiger partial charge is 0.173 e. The topological polar surface area (TPSA) is 45.8 Å². The first-order valence-electron chi connectivity index (χ1n) is 6.94. The standard InChI is InChI=1S/C15H18N2OS/c1-2-4-11(15-16-7-8-17-15)13-9-10-5-3-6-12(18)14(10)19-13/h7-9,11H,2-6H2,1H3,(H,16,17). The van der Waals surface area contributed by atoms with Crippen molar-refractivity contribution in [3.63, 3.8) is 0 Å². The number of Topliss-reactive ketones (excluding diaryl/α,β-unsaturated/α-hetero) is 1. The van der Waals surface area contributed by atoms with E-state index in [1.807, 2.05) is 6.20 Å². The van der Waals surface area contributed by atoms with E-state index in [1.165, 1.54) is 10.4 Å². The Morgan fingerprint density at radius 2 is 2.37 bits per heavy atom. The summed E-state index contributed by atoms with van der Waals surface area (Å²) in [5.41, 5.74) is 1.25. The summed E-state index contributed by atoms with van der Waals surface area (Å²) in [7, 11) is 0. The maximum Gasteiger partial charge on any atom is 0.173 e. The van der Waals surface area contributed by atoms with E-state index < -0.39 is 0 Å². The van der Waals surface area contributed by atoms with E-state index >= 15 is 0 Å². The summed E-state index contributed by atoms with van der Waals surface area (Å²) in [5.74, 6) is 1.66. The summed E-state index contributed by atoms with van der Waals surface area (Å²) in [6, 6.07) is 2.24. The van der Waals surface area contributed by atoms with Gasteiger partial charge in [0.2, 0.25) is 0 Å². The fourth-order valence-corrected chi connectivity index (χ4v) is 4.08. The molecular weight excluding hydrogens is 256 g/mol. The van der Waals surface area contributed by atoms with Gasteiger partial charge in [-0.05, 0) is 30.9 Å². The monoisotopic (exact) mass is 274 g/mol. The molecule has 0 fully saturated rings. The number of aromatic nitrogens is 2. The maximum atomic E-state index is 12.0. The lowest BCUT2D eigenvalue weighted by Crippen LogP contribution is -2.06. The molecule has 0 aromatic carbocycles. The molecule has 0 aliphatic heterocycles. The van der Waals surface area contributed by atoms with Crippen LogP contribution in [0, 0.1) is 0 Å². The first-order chi connectivity index (χ1) is 9.29. The van der Waals surface area contributed by atoms with E-state index in [9.17, 15) is 4.79 Å². The van der Waals surface area contributed by atoms with Crippen molar-refractivity contribution in [1.29, 1.82) is 0 Å². The largest absolute Gasteiger partial charge is 0.348 e. The number of carbonyl (C=O) groups is 1. The van der Waals surface area contributed by atoms with Gasteiger partial charge in [0.15, 0.2) is 5.78 Å². The summed E-state index contributed by atoms with van der Waals surface area (Å²) in [5, 5.41) is 0. The number of nitrogens with one attached hydrogen (secondary N) is 1. The zero-order chi connectivity index (χ0) is 13.2. The lowest BCUT2D eigenvalue weighted by molar-refractivity contribution is 0.0977. The van der Waals surface area contributed by atoms with Crippen LogP contribution in [0.3, 0.4) is 0 Å². The molecular formula is C15H18N2OS. The molecule has 0 radical (unpaired) electrons. The van der Waals surface area contributed by atoms with Gasteiger partial charge >= 0.3 is 0 Å². The number of fused-ring (bicyclic) bond motifs is 1. The number of aryl methyl sites for hydroxylation is 1. The van der Waals surface area contributed by atoms with E-state index in [0.29, 0.717) is 18.1 Å². The van der Waals surface area contributed by atoms with E-state index in [0.717, 1.165) is 36.4 Å². The third-order valence-corrected chi connectivity index (χ3v) is 5.03. The molecule has 1 unspecified atom stereocenters. The number of H-pyrrole nitrogens is 1. The van der Waals surface area contributed by atoms with Crippen molar-refractivity contribution in [2.45, 2.75) is 44.9 Å². The number of rotatable bonds is 4. The van der Waals surface area contributed by atoms with Gasteiger partial charge in [0, 0.05) is 23.7 Å². The average Bonchev–Trinajstić information content (AvgIpc) is 3.05. The Hall–Kier alpha value is -1.42. The summed E-state index contributed by atoms with van der Waals surface area (Å²) < 4.78 is 0. The minimum Gasteiger partial charge on any atom is -0.348 e. The number of imidazole rings is 1. The zero-order valence-corrected chi connectivity index (χ0v) is 11.9. The van der Waals surface area contributed by atoms with Gasteiger partial charge in [-0.1, -0.05) is 13.3 Å². The van der Waals surface area contributed by atoms with Gasteiger partial charge in [0.25, 0.3) is 0 Å². The van der Waals surface area contributed by atoms with E-state index in [1.54, 1.807) is 17.5 Å². The van der Waals surface area contributed by atoms with E-state index in [-0.39, 0.29) is 0 Å². The molecule has 1 atom stereocenters. The van der Waals surface area contributed by atoms with E-state index in [4.69, 9.17) is 0 Å². The Balaban J connectivity index is 1.97. The molecule has 2 aromatic rings. The SMILES string of the molecule is CCCC(c1ncc[nH]1)c1cc2c(s1)C(=O)CCC2. The molecule has 100 valence electrons. The highest BCUT2D eigenvalue weighted by atomic mass is 32.1. The third kappa shape index (κ3) is 2.37. The zero-order valence-electron chi connectivity index (χ0n) is 11.1. The van der Waals surface area contributed by atoms with Gasteiger partial charge in [0.05, 0.1) is 10.8 Å². The number of thiophene rings is 1. The summed E-state index contributed by atoms with van der Waals surface area (Å²) in [6.45, 7) is 2.19. The van der Waals surface area contributed by atoms with Crippen LogP contribution in [0.5, 0.6) is 0 Å². The third-order valence-electron chi connectivity index (χ3n) is 3.70. The van der Waals surface area contributed by atoms with Crippen molar-refractivity contribution in [2.75, 3.05) is 0 Å². The van der Waals surface area contributed by atoms with Crippen LogP contribution in [0.1, 0.15) is 64.5 Å². The minimum absolute atomic E-state index is 0.309. The molecule has 2 aromatic heterocycles. The maximum absolute atomic E-state index is 12.0. The van der Waals surface area contributed by atoms with Crippen LogP contribution in [0.4, 0.5) is 0 Å². The van der Waals surface area contributed by atoms with Crippen LogP contribution in [0.15, 0.2) is 18.5 Å². The second kappa shape index (κ2) is 5.29. The molecule has 1 aliphatic carbocycles. The number of carbonyl (C=O) groups excluding carboxylic acids is 1.